The molecule has 1 aromatic carbocycles. The van der Waals surface area contributed by atoms with Crippen LogP contribution in [-0.2, 0) is 0 Å². The predicted molar refractivity (Wildman–Crippen MR) is 81.2 cm³/mol. The van der Waals surface area contributed by atoms with Crippen molar-refractivity contribution in [3.8, 4) is 0 Å². The summed E-state index contributed by atoms with van der Waals surface area (Å²) < 4.78 is 0. The van der Waals surface area contributed by atoms with Crippen LogP contribution in [0.2, 0.25) is 0 Å². The molecule has 0 aliphatic rings. The van der Waals surface area contributed by atoms with Gasteiger partial charge in [0.05, 0.1) is 5.52 Å². The van der Waals surface area contributed by atoms with E-state index < -0.39 is 0 Å². The second-order valence-corrected chi connectivity index (χ2v) is 4.56. The molecule has 2 aromatic heterocycles. The number of aryl methyl sites for hydroxylation is 1. The average Bonchev–Trinajstić information content (AvgIpc) is 2.47. The number of hydrogen-bond donors (Lipinski definition) is 2. The summed E-state index contributed by atoms with van der Waals surface area (Å²) in [5.41, 5.74) is 2.51. The number of nitrogens with zero attached hydrogens (tertiary/aromatic N) is 2. The molecular weight excluding hydrogens is 248 g/mol. The maximum absolute atomic E-state index is 8.17. The van der Waals surface area contributed by atoms with Crippen LogP contribution in [0.15, 0.2) is 54.7 Å². The quantitative estimate of drug-likeness (QED) is 0.549. The maximum Gasteiger partial charge on any atom is 0.150 e. The lowest BCUT2D eigenvalue weighted by Crippen LogP contribution is -2.16. The van der Waals surface area contributed by atoms with Gasteiger partial charge >= 0.3 is 0 Å². The van der Waals surface area contributed by atoms with Crippen molar-refractivity contribution in [1.29, 1.82) is 5.41 Å². The first-order valence-electron chi connectivity index (χ1n) is 6.37. The molecule has 0 radical (unpaired) electrons. The number of hydrogen-bond acceptors (Lipinski definition) is 3. The lowest BCUT2D eigenvalue weighted by molar-refractivity contribution is 1.25. The molecule has 0 atom stereocenters. The zero-order chi connectivity index (χ0) is 13.9. The summed E-state index contributed by atoms with van der Waals surface area (Å²) >= 11 is 0. The first kappa shape index (κ1) is 12.3. The van der Waals surface area contributed by atoms with Crippen molar-refractivity contribution >= 4 is 22.6 Å². The number of anilines is 1. The molecule has 3 rings (SSSR count). The molecule has 2 N–H and O–H groups in total. The minimum Gasteiger partial charge on any atom is -0.324 e. The number of fused-ring (bicyclic) bond motifs is 1. The second-order valence-electron chi connectivity index (χ2n) is 4.56. The van der Waals surface area contributed by atoms with E-state index in [0.29, 0.717) is 11.5 Å². The SMILES string of the molecule is Cc1cc2ccccc2nc1C(=N)Nc1ccccn1. The fourth-order valence-electron chi connectivity index (χ4n) is 2.10. The number of amidine groups is 1. The van der Waals surface area contributed by atoms with Crippen LogP contribution in [0, 0.1) is 12.3 Å². The molecule has 20 heavy (non-hydrogen) atoms. The van der Waals surface area contributed by atoms with Gasteiger partial charge in [-0.3, -0.25) is 5.41 Å². The fraction of sp³-hybridized carbons (Fsp3) is 0.0625. The molecule has 0 bridgehead atoms. The van der Waals surface area contributed by atoms with Crippen LogP contribution in [0.25, 0.3) is 10.9 Å². The largest absolute Gasteiger partial charge is 0.324 e. The number of pyridine rings is 2. The molecule has 0 saturated carbocycles. The van der Waals surface area contributed by atoms with Gasteiger partial charge in [0.15, 0.2) is 0 Å². The van der Waals surface area contributed by atoms with Gasteiger partial charge in [-0.15, -0.1) is 0 Å². The molecule has 0 saturated heterocycles. The molecular formula is C16H14N4. The average molecular weight is 262 g/mol. The van der Waals surface area contributed by atoms with Crippen molar-refractivity contribution in [3.63, 3.8) is 0 Å². The summed E-state index contributed by atoms with van der Waals surface area (Å²) in [6.45, 7) is 1.96. The van der Waals surface area contributed by atoms with Gasteiger partial charge in [-0.05, 0) is 36.8 Å². The third-order valence-electron chi connectivity index (χ3n) is 3.07. The van der Waals surface area contributed by atoms with E-state index in [9.17, 15) is 0 Å². The number of benzene rings is 1. The van der Waals surface area contributed by atoms with Gasteiger partial charge in [0.25, 0.3) is 0 Å². The van der Waals surface area contributed by atoms with Crippen molar-refractivity contribution in [3.05, 3.63) is 66.0 Å². The van der Waals surface area contributed by atoms with Gasteiger partial charge in [-0.2, -0.15) is 0 Å². The Morgan fingerprint density at radius 1 is 1.10 bits per heavy atom. The molecule has 0 unspecified atom stereocenters. The summed E-state index contributed by atoms with van der Waals surface area (Å²) in [6, 6.07) is 15.5. The molecule has 0 fully saturated rings. The number of rotatable bonds is 2. The van der Waals surface area contributed by atoms with Gasteiger partial charge in [-0.25, -0.2) is 9.97 Å². The lowest BCUT2D eigenvalue weighted by Gasteiger charge is -2.10. The topological polar surface area (TPSA) is 61.7 Å². The highest BCUT2D eigenvalue weighted by atomic mass is 15.0. The predicted octanol–water partition coefficient (Wildman–Crippen LogP) is 3.38. The third kappa shape index (κ3) is 2.36. The summed E-state index contributed by atoms with van der Waals surface area (Å²) in [5, 5.41) is 12.2. The molecule has 2 heterocycles. The highest BCUT2D eigenvalue weighted by molar-refractivity contribution is 6.06. The Morgan fingerprint density at radius 3 is 2.70 bits per heavy atom. The normalized spacial score (nSPS) is 10.4. The van der Waals surface area contributed by atoms with Crippen molar-refractivity contribution < 1.29 is 0 Å². The summed E-state index contributed by atoms with van der Waals surface area (Å²) in [5.74, 6) is 0.902. The van der Waals surface area contributed by atoms with E-state index in [-0.39, 0.29) is 5.84 Å². The van der Waals surface area contributed by atoms with E-state index in [4.69, 9.17) is 5.41 Å². The highest BCUT2D eigenvalue weighted by Gasteiger charge is 2.09. The van der Waals surface area contributed by atoms with Gasteiger partial charge in [0.2, 0.25) is 0 Å². The van der Waals surface area contributed by atoms with E-state index in [1.165, 1.54) is 0 Å². The molecule has 0 spiro atoms. The summed E-state index contributed by atoms with van der Waals surface area (Å²) in [6.07, 6.45) is 1.69. The molecule has 0 amide bonds. The fourth-order valence-corrected chi connectivity index (χ4v) is 2.10. The minimum absolute atomic E-state index is 0.256. The molecule has 0 aliphatic heterocycles. The maximum atomic E-state index is 8.17. The van der Waals surface area contributed by atoms with Crippen molar-refractivity contribution in [2.75, 3.05) is 5.32 Å². The van der Waals surface area contributed by atoms with Gasteiger partial charge in [0.1, 0.15) is 17.3 Å². The van der Waals surface area contributed by atoms with E-state index in [0.717, 1.165) is 16.5 Å². The number of nitrogens with one attached hydrogen (secondary N) is 2. The highest BCUT2D eigenvalue weighted by Crippen LogP contribution is 2.16. The van der Waals surface area contributed by atoms with Crippen molar-refractivity contribution in [2.24, 2.45) is 0 Å². The third-order valence-corrected chi connectivity index (χ3v) is 3.07. The standard InChI is InChI=1S/C16H14N4/c1-11-10-12-6-2-3-7-13(12)19-15(11)16(17)20-14-8-4-5-9-18-14/h2-10H,1H3,(H2,17,18,20). The Kier molecular flexibility index (Phi) is 3.13. The second kappa shape index (κ2) is 5.09. The molecule has 4 heteroatoms. The van der Waals surface area contributed by atoms with E-state index in [2.05, 4.69) is 15.3 Å². The molecule has 0 aliphatic carbocycles. The Hall–Kier alpha value is -2.75. The first-order valence-corrected chi connectivity index (χ1v) is 6.37. The van der Waals surface area contributed by atoms with Crippen LogP contribution in [0.4, 0.5) is 5.82 Å². The van der Waals surface area contributed by atoms with Crippen LogP contribution in [0.5, 0.6) is 0 Å². The van der Waals surface area contributed by atoms with Gasteiger partial charge < -0.3 is 5.32 Å². The van der Waals surface area contributed by atoms with E-state index >= 15 is 0 Å². The molecule has 3 aromatic rings. The lowest BCUT2D eigenvalue weighted by atomic mass is 10.1. The van der Waals surface area contributed by atoms with Crippen LogP contribution in [0.1, 0.15) is 11.3 Å². The Morgan fingerprint density at radius 2 is 1.90 bits per heavy atom. The monoisotopic (exact) mass is 262 g/mol. The number of aromatic nitrogens is 2. The Balaban J connectivity index is 1.97. The zero-order valence-corrected chi connectivity index (χ0v) is 11.1. The van der Waals surface area contributed by atoms with Gasteiger partial charge in [-0.1, -0.05) is 24.3 Å². The Labute approximate surface area is 117 Å². The van der Waals surface area contributed by atoms with Crippen LogP contribution < -0.4 is 5.32 Å². The summed E-state index contributed by atoms with van der Waals surface area (Å²) in [7, 11) is 0. The van der Waals surface area contributed by atoms with Crippen LogP contribution in [0.3, 0.4) is 0 Å². The number of para-hydroxylation sites is 1. The first-order chi connectivity index (χ1) is 9.74. The molecule has 4 nitrogen and oxygen atoms in total. The van der Waals surface area contributed by atoms with E-state index in [1.807, 2.05) is 55.5 Å². The van der Waals surface area contributed by atoms with E-state index in [1.54, 1.807) is 6.20 Å². The van der Waals surface area contributed by atoms with Crippen LogP contribution >= 0.6 is 0 Å². The molecule has 98 valence electrons. The van der Waals surface area contributed by atoms with Gasteiger partial charge in [0, 0.05) is 11.6 Å². The smallest absolute Gasteiger partial charge is 0.150 e. The minimum atomic E-state index is 0.256. The zero-order valence-electron chi connectivity index (χ0n) is 11.1. The Bertz CT molecular complexity index is 766. The van der Waals surface area contributed by atoms with Crippen LogP contribution in [-0.4, -0.2) is 15.8 Å². The van der Waals surface area contributed by atoms with Crippen molar-refractivity contribution in [1.82, 2.24) is 9.97 Å². The summed E-state index contributed by atoms with van der Waals surface area (Å²) in [4.78, 5) is 8.71. The van der Waals surface area contributed by atoms with Crippen molar-refractivity contribution in [2.45, 2.75) is 6.92 Å².